The highest BCUT2D eigenvalue weighted by Crippen LogP contribution is 2.24. The Morgan fingerprint density at radius 3 is 2.04 bits per heavy atom. The maximum absolute atomic E-state index is 5.88. The number of hydrogen-bond donors (Lipinski definition) is 0. The first kappa shape index (κ1) is 17.8. The summed E-state index contributed by atoms with van der Waals surface area (Å²) in [6.45, 7) is 4.16. The molecule has 0 fully saturated rings. The molecule has 1 aromatic heterocycles. The minimum Gasteiger partial charge on any atom is -0.457 e. The molecule has 4 rings (SSSR count). The number of aryl methyl sites for hydroxylation is 2. The highest BCUT2D eigenvalue weighted by Gasteiger charge is 2.05. The van der Waals surface area contributed by atoms with Crippen LogP contribution >= 0.6 is 0 Å². The van der Waals surface area contributed by atoms with Gasteiger partial charge >= 0.3 is 0 Å². The Hall–Kier alpha value is -3.59. The molecule has 0 aliphatic rings. The summed E-state index contributed by atoms with van der Waals surface area (Å²) in [5.41, 5.74) is 5.45. The highest BCUT2D eigenvalue weighted by molar-refractivity contribution is 5.81. The van der Waals surface area contributed by atoms with Crippen LogP contribution in [0, 0.1) is 13.8 Å². The van der Waals surface area contributed by atoms with Gasteiger partial charge in [-0.15, -0.1) is 0 Å². The van der Waals surface area contributed by atoms with Crippen LogP contribution in [-0.2, 0) is 0 Å². The van der Waals surface area contributed by atoms with Crippen molar-refractivity contribution >= 4 is 11.9 Å². The molecular weight excluding hydrogens is 344 g/mol. The van der Waals surface area contributed by atoms with Crippen molar-refractivity contribution in [3.05, 3.63) is 108 Å². The van der Waals surface area contributed by atoms with Gasteiger partial charge in [-0.1, -0.05) is 35.9 Å². The van der Waals surface area contributed by atoms with Crippen LogP contribution in [0.4, 0.5) is 5.69 Å². The Morgan fingerprint density at radius 1 is 0.714 bits per heavy atom. The van der Waals surface area contributed by atoms with Crippen molar-refractivity contribution < 1.29 is 4.74 Å². The van der Waals surface area contributed by atoms with Gasteiger partial charge in [-0.2, -0.15) is 0 Å². The second kappa shape index (κ2) is 7.97. The molecule has 28 heavy (non-hydrogen) atoms. The first-order chi connectivity index (χ1) is 13.7. The fourth-order valence-corrected chi connectivity index (χ4v) is 3.07. The summed E-state index contributed by atoms with van der Waals surface area (Å²) >= 11 is 0. The molecule has 1 heterocycles. The van der Waals surface area contributed by atoms with Crippen LogP contribution in [0.5, 0.6) is 11.5 Å². The van der Waals surface area contributed by atoms with E-state index in [1.54, 1.807) is 0 Å². The van der Waals surface area contributed by atoms with Crippen molar-refractivity contribution in [3.63, 3.8) is 0 Å². The Labute approximate surface area is 165 Å². The molecule has 0 saturated carbocycles. The standard InChI is InChI=1S/C25H22N2O/c1-19-8-14-24(15-9-19)28-25-16-11-21(12-17-25)26-18-23-13-10-20(2)27(23)22-6-4-3-5-7-22/h3-18H,1-2H3. The number of aromatic nitrogens is 1. The largest absolute Gasteiger partial charge is 0.457 e. The lowest BCUT2D eigenvalue weighted by Crippen LogP contribution is -2.00. The van der Waals surface area contributed by atoms with E-state index in [9.17, 15) is 0 Å². The van der Waals surface area contributed by atoms with Gasteiger partial charge in [0.25, 0.3) is 0 Å². The smallest absolute Gasteiger partial charge is 0.127 e. The van der Waals surface area contributed by atoms with E-state index in [2.05, 4.69) is 47.7 Å². The Morgan fingerprint density at radius 2 is 1.36 bits per heavy atom. The minimum atomic E-state index is 0.798. The second-order valence-corrected chi connectivity index (χ2v) is 6.74. The molecule has 3 nitrogen and oxygen atoms in total. The van der Waals surface area contributed by atoms with Crippen LogP contribution in [-0.4, -0.2) is 10.8 Å². The van der Waals surface area contributed by atoms with Crippen LogP contribution in [0.25, 0.3) is 5.69 Å². The van der Waals surface area contributed by atoms with Gasteiger partial charge in [-0.05, 0) is 74.5 Å². The number of rotatable bonds is 5. The summed E-state index contributed by atoms with van der Waals surface area (Å²) in [6, 6.07) is 30.3. The van der Waals surface area contributed by atoms with E-state index in [1.807, 2.05) is 72.9 Å². The maximum Gasteiger partial charge on any atom is 0.127 e. The monoisotopic (exact) mass is 366 g/mol. The van der Waals surface area contributed by atoms with Crippen LogP contribution in [0.3, 0.4) is 0 Å². The zero-order chi connectivity index (χ0) is 19.3. The normalized spacial score (nSPS) is 11.1. The van der Waals surface area contributed by atoms with Gasteiger partial charge in [0.2, 0.25) is 0 Å². The molecule has 3 aromatic carbocycles. The zero-order valence-corrected chi connectivity index (χ0v) is 16.0. The Kier molecular flexibility index (Phi) is 5.07. The lowest BCUT2D eigenvalue weighted by Gasteiger charge is -2.09. The SMILES string of the molecule is Cc1ccc(Oc2ccc(N=Cc3ccc(C)n3-c3ccccc3)cc2)cc1. The molecular formula is C25H22N2O. The molecule has 0 radical (unpaired) electrons. The average molecular weight is 366 g/mol. The van der Waals surface area contributed by atoms with E-state index >= 15 is 0 Å². The number of nitrogens with zero attached hydrogens (tertiary/aromatic N) is 2. The number of ether oxygens (including phenoxy) is 1. The minimum absolute atomic E-state index is 0.798. The van der Waals surface area contributed by atoms with Crippen LogP contribution < -0.4 is 4.74 Å². The van der Waals surface area contributed by atoms with Gasteiger partial charge in [0.05, 0.1) is 17.6 Å². The van der Waals surface area contributed by atoms with E-state index in [0.29, 0.717) is 0 Å². The molecule has 0 N–H and O–H groups in total. The van der Waals surface area contributed by atoms with E-state index in [1.165, 1.54) is 11.3 Å². The molecule has 0 aliphatic heterocycles. The van der Waals surface area contributed by atoms with Crippen molar-refractivity contribution in [2.45, 2.75) is 13.8 Å². The topological polar surface area (TPSA) is 26.5 Å². The second-order valence-electron chi connectivity index (χ2n) is 6.74. The molecule has 0 atom stereocenters. The van der Waals surface area contributed by atoms with Crippen molar-refractivity contribution in [1.29, 1.82) is 0 Å². The number of aliphatic imine (C=N–C) groups is 1. The molecule has 0 aliphatic carbocycles. The molecule has 0 spiro atoms. The molecule has 4 aromatic rings. The van der Waals surface area contributed by atoms with Gasteiger partial charge < -0.3 is 9.30 Å². The lowest BCUT2D eigenvalue weighted by molar-refractivity contribution is 0.482. The number of para-hydroxylation sites is 1. The zero-order valence-electron chi connectivity index (χ0n) is 16.0. The third kappa shape index (κ3) is 4.04. The van der Waals surface area contributed by atoms with Crippen LogP contribution in [0.2, 0.25) is 0 Å². The van der Waals surface area contributed by atoms with Crippen LogP contribution in [0.1, 0.15) is 17.0 Å². The molecule has 3 heteroatoms. The molecule has 0 saturated heterocycles. The fraction of sp³-hybridized carbons (Fsp3) is 0.0800. The van der Waals surface area contributed by atoms with E-state index in [0.717, 1.165) is 28.6 Å². The summed E-state index contributed by atoms with van der Waals surface area (Å²) in [5, 5.41) is 0. The summed E-state index contributed by atoms with van der Waals surface area (Å²) in [5.74, 6) is 1.63. The third-order valence-electron chi connectivity index (χ3n) is 4.56. The summed E-state index contributed by atoms with van der Waals surface area (Å²) in [6.07, 6.45) is 1.90. The summed E-state index contributed by atoms with van der Waals surface area (Å²) < 4.78 is 8.07. The predicted molar refractivity (Wildman–Crippen MR) is 115 cm³/mol. The molecule has 0 unspecified atom stereocenters. The molecule has 0 bridgehead atoms. The maximum atomic E-state index is 5.88. The fourth-order valence-electron chi connectivity index (χ4n) is 3.07. The third-order valence-corrected chi connectivity index (χ3v) is 4.56. The van der Waals surface area contributed by atoms with E-state index < -0.39 is 0 Å². The van der Waals surface area contributed by atoms with Crippen molar-refractivity contribution in [2.75, 3.05) is 0 Å². The first-order valence-corrected chi connectivity index (χ1v) is 9.31. The van der Waals surface area contributed by atoms with Gasteiger partial charge in [-0.3, -0.25) is 4.99 Å². The van der Waals surface area contributed by atoms with Gasteiger partial charge in [0.1, 0.15) is 11.5 Å². The van der Waals surface area contributed by atoms with Crippen molar-refractivity contribution in [2.24, 2.45) is 4.99 Å². The van der Waals surface area contributed by atoms with Crippen molar-refractivity contribution in [1.82, 2.24) is 4.57 Å². The quantitative estimate of drug-likeness (QED) is 0.364. The van der Waals surface area contributed by atoms with Crippen LogP contribution in [0.15, 0.2) is 96.0 Å². The first-order valence-electron chi connectivity index (χ1n) is 9.31. The van der Waals surface area contributed by atoms with Gasteiger partial charge in [-0.25, -0.2) is 0 Å². The van der Waals surface area contributed by atoms with Crippen molar-refractivity contribution in [3.8, 4) is 17.2 Å². The lowest BCUT2D eigenvalue weighted by atomic mass is 10.2. The predicted octanol–water partition coefficient (Wildman–Crippen LogP) is 6.64. The Balaban J connectivity index is 1.51. The van der Waals surface area contributed by atoms with Gasteiger partial charge in [0.15, 0.2) is 0 Å². The van der Waals surface area contributed by atoms with E-state index in [-0.39, 0.29) is 0 Å². The van der Waals surface area contributed by atoms with E-state index in [4.69, 9.17) is 4.74 Å². The summed E-state index contributed by atoms with van der Waals surface area (Å²) in [7, 11) is 0. The highest BCUT2D eigenvalue weighted by atomic mass is 16.5. The number of benzene rings is 3. The average Bonchev–Trinajstić information content (AvgIpc) is 3.10. The summed E-state index contributed by atoms with van der Waals surface area (Å²) in [4.78, 5) is 4.63. The molecule has 138 valence electrons. The molecule has 0 amide bonds. The van der Waals surface area contributed by atoms with Gasteiger partial charge in [0, 0.05) is 11.4 Å². The Bertz CT molecular complexity index is 1080. The number of hydrogen-bond acceptors (Lipinski definition) is 2.